The molecule has 0 saturated carbocycles. The quantitative estimate of drug-likeness (QED) is 0.787. The number of aromatic nitrogens is 3. The van der Waals surface area contributed by atoms with Gasteiger partial charge in [0.1, 0.15) is 6.33 Å². The van der Waals surface area contributed by atoms with Gasteiger partial charge in [-0.25, -0.2) is 13.4 Å². The summed E-state index contributed by atoms with van der Waals surface area (Å²) < 4.78 is 24.7. The molecule has 2 rings (SSSR count). The highest BCUT2D eigenvalue weighted by molar-refractivity contribution is 7.90. The zero-order valence-electron chi connectivity index (χ0n) is 10.7. The summed E-state index contributed by atoms with van der Waals surface area (Å²) in [7, 11) is -1.56. The minimum absolute atomic E-state index is 0.117. The predicted octanol–water partition coefficient (Wildman–Crippen LogP) is 0.413. The van der Waals surface area contributed by atoms with Crippen molar-refractivity contribution in [2.75, 3.05) is 17.3 Å². The van der Waals surface area contributed by atoms with Crippen molar-refractivity contribution < 1.29 is 8.42 Å². The number of rotatable bonds is 4. The van der Waals surface area contributed by atoms with Crippen LogP contribution in [0, 0.1) is 0 Å². The maximum absolute atomic E-state index is 11.5. The first-order chi connectivity index (χ1) is 8.88. The third kappa shape index (κ3) is 3.02. The van der Waals surface area contributed by atoms with Crippen LogP contribution in [0.15, 0.2) is 29.4 Å². The lowest BCUT2D eigenvalue weighted by molar-refractivity contribution is 0.602. The number of nitrogens with two attached hydrogens (primary N) is 1. The van der Waals surface area contributed by atoms with Crippen LogP contribution in [-0.2, 0) is 23.4 Å². The van der Waals surface area contributed by atoms with Crippen LogP contribution in [0.4, 0.5) is 11.4 Å². The first-order valence-electron chi connectivity index (χ1n) is 5.55. The lowest BCUT2D eigenvalue weighted by Gasteiger charge is -2.10. The van der Waals surface area contributed by atoms with Crippen molar-refractivity contribution in [3.8, 4) is 0 Å². The van der Waals surface area contributed by atoms with Gasteiger partial charge in [-0.3, -0.25) is 4.68 Å². The van der Waals surface area contributed by atoms with Crippen LogP contribution in [0.3, 0.4) is 0 Å². The molecule has 1 aromatic carbocycles. The fourth-order valence-corrected chi connectivity index (χ4v) is 2.50. The number of benzene rings is 1. The third-order valence-corrected chi connectivity index (χ3v) is 3.70. The minimum atomic E-state index is -3.34. The van der Waals surface area contributed by atoms with Gasteiger partial charge in [0.15, 0.2) is 15.7 Å². The van der Waals surface area contributed by atoms with Gasteiger partial charge in [0, 0.05) is 13.3 Å². The highest BCUT2D eigenvalue weighted by Crippen LogP contribution is 2.26. The van der Waals surface area contributed by atoms with Crippen LogP contribution >= 0.6 is 0 Å². The molecule has 7 nitrogen and oxygen atoms in total. The van der Waals surface area contributed by atoms with Gasteiger partial charge in [-0.15, -0.1) is 0 Å². The van der Waals surface area contributed by atoms with Crippen LogP contribution in [0.1, 0.15) is 5.82 Å². The molecular formula is C11H15N5O2S. The number of nitrogens with zero attached hydrogens (tertiary/aromatic N) is 3. The van der Waals surface area contributed by atoms with Gasteiger partial charge < -0.3 is 11.1 Å². The zero-order valence-corrected chi connectivity index (χ0v) is 11.5. The number of para-hydroxylation sites is 1. The van der Waals surface area contributed by atoms with Gasteiger partial charge >= 0.3 is 0 Å². The Bertz CT molecular complexity index is 693. The molecule has 0 fully saturated rings. The number of nitrogens with one attached hydrogen (secondary N) is 1. The van der Waals surface area contributed by atoms with E-state index < -0.39 is 9.84 Å². The van der Waals surface area contributed by atoms with Gasteiger partial charge in [0.2, 0.25) is 0 Å². The lowest BCUT2D eigenvalue weighted by Crippen LogP contribution is -2.08. The third-order valence-electron chi connectivity index (χ3n) is 2.55. The molecule has 0 atom stereocenters. The van der Waals surface area contributed by atoms with Crippen molar-refractivity contribution in [1.29, 1.82) is 0 Å². The van der Waals surface area contributed by atoms with Gasteiger partial charge in [-0.1, -0.05) is 6.07 Å². The average molecular weight is 281 g/mol. The van der Waals surface area contributed by atoms with E-state index in [0.717, 1.165) is 6.26 Å². The van der Waals surface area contributed by atoms with E-state index in [1.54, 1.807) is 30.2 Å². The van der Waals surface area contributed by atoms with E-state index in [1.807, 2.05) is 0 Å². The summed E-state index contributed by atoms with van der Waals surface area (Å²) in [6.07, 6.45) is 2.72. The number of sulfone groups is 1. The second-order valence-electron chi connectivity index (χ2n) is 4.18. The van der Waals surface area contributed by atoms with E-state index in [-0.39, 0.29) is 10.6 Å². The molecule has 8 heteroatoms. The molecule has 0 bridgehead atoms. The van der Waals surface area contributed by atoms with Crippen molar-refractivity contribution in [1.82, 2.24) is 14.8 Å². The van der Waals surface area contributed by atoms with Gasteiger partial charge in [-0.2, -0.15) is 5.10 Å². The van der Waals surface area contributed by atoms with Crippen molar-refractivity contribution in [2.45, 2.75) is 11.4 Å². The summed E-state index contributed by atoms with van der Waals surface area (Å²) >= 11 is 0. The molecule has 0 unspecified atom stereocenters. The van der Waals surface area contributed by atoms with E-state index in [2.05, 4.69) is 15.4 Å². The minimum Gasteiger partial charge on any atom is -0.396 e. The monoisotopic (exact) mass is 281 g/mol. The standard InChI is InChI=1S/C11H15N5O2S/c1-16-7-14-10(15-16)6-13-8-4-3-5-9(11(8)12)19(2,17)18/h3-5,7,13H,6,12H2,1-2H3. The summed E-state index contributed by atoms with van der Waals surface area (Å²) in [6, 6.07) is 4.84. The molecule has 0 amide bonds. The molecule has 0 aliphatic rings. The zero-order chi connectivity index (χ0) is 14.0. The molecule has 1 heterocycles. The highest BCUT2D eigenvalue weighted by Gasteiger charge is 2.14. The van der Waals surface area contributed by atoms with Crippen molar-refractivity contribution >= 4 is 21.2 Å². The molecule has 102 valence electrons. The molecule has 0 aliphatic heterocycles. The Balaban J connectivity index is 2.22. The van der Waals surface area contributed by atoms with Crippen LogP contribution in [0.25, 0.3) is 0 Å². The first kappa shape index (κ1) is 13.3. The largest absolute Gasteiger partial charge is 0.396 e. The first-order valence-corrected chi connectivity index (χ1v) is 7.44. The maximum Gasteiger partial charge on any atom is 0.177 e. The molecule has 19 heavy (non-hydrogen) atoms. The molecular weight excluding hydrogens is 266 g/mol. The van der Waals surface area contributed by atoms with E-state index in [1.165, 1.54) is 6.07 Å². The normalized spacial score (nSPS) is 11.5. The topological polar surface area (TPSA) is 103 Å². The Morgan fingerprint density at radius 1 is 1.42 bits per heavy atom. The molecule has 2 aromatic rings. The Morgan fingerprint density at radius 2 is 2.16 bits per heavy atom. The number of nitrogen functional groups attached to an aromatic ring is 1. The van der Waals surface area contributed by atoms with Gasteiger partial charge in [0.25, 0.3) is 0 Å². The molecule has 0 saturated heterocycles. The van der Waals surface area contributed by atoms with Crippen LogP contribution in [0.5, 0.6) is 0 Å². The number of aryl methyl sites for hydroxylation is 1. The van der Waals surface area contributed by atoms with Crippen LogP contribution in [-0.4, -0.2) is 29.4 Å². The van der Waals surface area contributed by atoms with E-state index in [9.17, 15) is 8.42 Å². The summed E-state index contributed by atoms with van der Waals surface area (Å²) in [5.41, 5.74) is 6.61. The Kier molecular flexibility index (Phi) is 3.43. The number of anilines is 2. The second-order valence-corrected chi connectivity index (χ2v) is 6.16. The molecule has 1 aromatic heterocycles. The van der Waals surface area contributed by atoms with Crippen LogP contribution in [0.2, 0.25) is 0 Å². The van der Waals surface area contributed by atoms with E-state index in [4.69, 9.17) is 5.73 Å². The highest BCUT2D eigenvalue weighted by atomic mass is 32.2. The maximum atomic E-state index is 11.5. The van der Waals surface area contributed by atoms with Gasteiger partial charge in [0.05, 0.1) is 22.8 Å². The second kappa shape index (κ2) is 4.88. The lowest BCUT2D eigenvalue weighted by atomic mass is 10.2. The fourth-order valence-electron chi connectivity index (χ4n) is 1.66. The van der Waals surface area contributed by atoms with Gasteiger partial charge in [-0.05, 0) is 12.1 Å². The SMILES string of the molecule is Cn1cnc(CNc2cccc(S(C)(=O)=O)c2N)n1. The molecule has 3 N–H and O–H groups in total. The van der Waals surface area contributed by atoms with Crippen molar-refractivity contribution in [3.63, 3.8) is 0 Å². The number of hydrogen-bond donors (Lipinski definition) is 2. The Morgan fingerprint density at radius 3 is 2.74 bits per heavy atom. The molecule has 0 aliphatic carbocycles. The summed E-state index contributed by atoms with van der Waals surface area (Å²) in [6.45, 7) is 0.373. The predicted molar refractivity (Wildman–Crippen MR) is 72.3 cm³/mol. The van der Waals surface area contributed by atoms with Crippen LogP contribution < -0.4 is 11.1 Å². The Labute approximate surface area is 111 Å². The summed E-state index contributed by atoms with van der Waals surface area (Å²) in [4.78, 5) is 4.18. The number of hydrogen-bond acceptors (Lipinski definition) is 6. The smallest absolute Gasteiger partial charge is 0.177 e. The molecule has 0 radical (unpaired) electrons. The van der Waals surface area contributed by atoms with E-state index in [0.29, 0.717) is 18.1 Å². The Hall–Kier alpha value is -2.09. The molecule has 0 spiro atoms. The van der Waals surface area contributed by atoms with E-state index >= 15 is 0 Å². The summed E-state index contributed by atoms with van der Waals surface area (Å²) in [5, 5.41) is 7.14. The van der Waals surface area contributed by atoms with Crippen molar-refractivity contribution in [2.24, 2.45) is 7.05 Å². The summed E-state index contributed by atoms with van der Waals surface area (Å²) in [5.74, 6) is 0.603. The average Bonchev–Trinajstić information content (AvgIpc) is 2.72. The van der Waals surface area contributed by atoms with Crippen molar-refractivity contribution in [3.05, 3.63) is 30.4 Å². The fraction of sp³-hybridized carbons (Fsp3) is 0.273.